The van der Waals surface area contributed by atoms with Gasteiger partial charge in [-0.3, -0.25) is 4.79 Å². The van der Waals surface area contributed by atoms with E-state index in [-0.39, 0.29) is 11.7 Å². The fourth-order valence-electron chi connectivity index (χ4n) is 3.21. The van der Waals surface area contributed by atoms with E-state index in [1.165, 1.54) is 12.1 Å². The minimum Gasteiger partial charge on any atom is -0.436 e. The van der Waals surface area contributed by atoms with Gasteiger partial charge in [-0.2, -0.15) is 5.10 Å². The predicted octanol–water partition coefficient (Wildman–Crippen LogP) is 4.98. The Balaban J connectivity index is 1.39. The number of rotatable bonds is 5. The van der Waals surface area contributed by atoms with Crippen LogP contribution in [0.2, 0.25) is 0 Å². The van der Waals surface area contributed by atoms with Gasteiger partial charge in [-0.1, -0.05) is 12.1 Å². The molecule has 0 bridgehead atoms. The summed E-state index contributed by atoms with van der Waals surface area (Å²) in [6, 6.07) is 18.3. The first-order chi connectivity index (χ1) is 15.7. The van der Waals surface area contributed by atoms with Crippen LogP contribution in [0.15, 0.2) is 95.9 Å². The smallest absolute Gasteiger partial charge is 0.256 e. The molecule has 3 aromatic heterocycles. The van der Waals surface area contributed by atoms with E-state index in [0.29, 0.717) is 39.8 Å². The Morgan fingerprint density at radius 1 is 0.938 bits per heavy atom. The number of oxazole rings is 1. The highest BCUT2D eigenvalue weighted by Crippen LogP contribution is 2.28. The Morgan fingerprint density at radius 3 is 2.53 bits per heavy atom. The van der Waals surface area contributed by atoms with E-state index in [1.54, 1.807) is 84.1 Å². The lowest BCUT2D eigenvalue weighted by molar-refractivity contribution is 0.102. The summed E-state index contributed by atoms with van der Waals surface area (Å²) in [5, 5.41) is 6.97. The monoisotopic (exact) mass is 425 g/mol. The molecule has 2 aromatic carbocycles. The molecule has 0 saturated heterocycles. The van der Waals surface area contributed by atoms with Gasteiger partial charge in [0.05, 0.1) is 23.6 Å². The molecular weight excluding hydrogens is 409 g/mol. The van der Waals surface area contributed by atoms with Gasteiger partial charge in [-0.05, 0) is 54.6 Å². The van der Waals surface area contributed by atoms with Crippen molar-refractivity contribution in [1.82, 2.24) is 19.7 Å². The van der Waals surface area contributed by atoms with Crippen molar-refractivity contribution < 1.29 is 13.6 Å². The molecule has 0 atom stereocenters. The maximum absolute atomic E-state index is 13.2. The van der Waals surface area contributed by atoms with Gasteiger partial charge in [-0.15, -0.1) is 0 Å². The molecule has 7 nitrogen and oxygen atoms in total. The minimum absolute atomic E-state index is 0.294. The van der Waals surface area contributed by atoms with Gasteiger partial charge in [0.2, 0.25) is 5.89 Å². The number of pyridine rings is 1. The molecule has 5 rings (SSSR count). The third-order valence-corrected chi connectivity index (χ3v) is 4.78. The highest BCUT2D eigenvalue weighted by molar-refractivity contribution is 6.08. The van der Waals surface area contributed by atoms with Gasteiger partial charge in [-0.25, -0.2) is 19.0 Å². The normalized spacial score (nSPS) is 10.8. The van der Waals surface area contributed by atoms with E-state index in [1.807, 2.05) is 0 Å². The molecule has 0 fully saturated rings. The quantitative estimate of drug-likeness (QED) is 0.429. The average molecular weight is 425 g/mol. The number of carbonyl (C=O) groups is 1. The lowest BCUT2D eigenvalue weighted by Gasteiger charge is -2.09. The number of benzene rings is 2. The first-order valence-electron chi connectivity index (χ1n) is 9.76. The Labute approximate surface area is 182 Å². The highest BCUT2D eigenvalue weighted by atomic mass is 19.1. The second-order valence-electron chi connectivity index (χ2n) is 6.89. The number of anilines is 1. The van der Waals surface area contributed by atoms with E-state index in [4.69, 9.17) is 4.42 Å². The second-order valence-corrected chi connectivity index (χ2v) is 6.89. The Kier molecular flexibility index (Phi) is 5.01. The zero-order valence-electron chi connectivity index (χ0n) is 16.6. The molecule has 1 N–H and O–H groups in total. The van der Waals surface area contributed by atoms with Crippen LogP contribution in [-0.4, -0.2) is 25.7 Å². The molecule has 0 unspecified atom stereocenters. The second kappa shape index (κ2) is 8.27. The van der Waals surface area contributed by atoms with Gasteiger partial charge < -0.3 is 9.73 Å². The van der Waals surface area contributed by atoms with Crippen molar-refractivity contribution in [3.63, 3.8) is 0 Å². The van der Waals surface area contributed by atoms with Crippen LogP contribution in [0, 0.1) is 5.82 Å². The summed E-state index contributed by atoms with van der Waals surface area (Å²) in [6.45, 7) is 0. The van der Waals surface area contributed by atoms with Crippen LogP contribution in [0.5, 0.6) is 0 Å². The summed E-state index contributed by atoms with van der Waals surface area (Å²) in [5.74, 6) is 0.760. The lowest BCUT2D eigenvalue weighted by atomic mass is 10.1. The predicted molar refractivity (Wildman–Crippen MR) is 117 cm³/mol. The molecule has 5 aromatic rings. The van der Waals surface area contributed by atoms with Crippen LogP contribution >= 0.6 is 0 Å². The van der Waals surface area contributed by atoms with Crippen LogP contribution in [0.3, 0.4) is 0 Å². The number of nitrogens with zero attached hydrogens (tertiary/aromatic N) is 4. The Bertz CT molecular complexity index is 1360. The van der Waals surface area contributed by atoms with Crippen LogP contribution in [-0.2, 0) is 0 Å². The topological polar surface area (TPSA) is 85.8 Å². The molecule has 0 aliphatic carbocycles. The summed E-state index contributed by atoms with van der Waals surface area (Å²) in [7, 11) is 0. The maximum atomic E-state index is 13.2. The number of aromatic nitrogens is 4. The summed E-state index contributed by atoms with van der Waals surface area (Å²) in [5.41, 5.74) is 2.17. The zero-order valence-corrected chi connectivity index (χ0v) is 16.6. The Morgan fingerprint density at radius 2 is 1.78 bits per heavy atom. The van der Waals surface area contributed by atoms with Gasteiger partial charge in [0.1, 0.15) is 5.82 Å². The maximum Gasteiger partial charge on any atom is 0.256 e. The SMILES string of the molecule is O=C(Nc1ccc(-n2cccn2)nc1)c1ccccc1-c1ncc(-c2ccc(F)cc2)o1. The molecular formula is C24H16FN5O2. The molecule has 1 amide bonds. The summed E-state index contributed by atoms with van der Waals surface area (Å²) in [4.78, 5) is 21.6. The molecule has 32 heavy (non-hydrogen) atoms. The molecule has 8 heteroatoms. The number of carbonyl (C=O) groups excluding carboxylic acids is 1. The van der Waals surface area contributed by atoms with Crippen molar-refractivity contribution in [2.45, 2.75) is 0 Å². The van der Waals surface area contributed by atoms with Crippen LogP contribution in [0.4, 0.5) is 10.1 Å². The number of halogens is 1. The van der Waals surface area contributed by atoms with Gasteiger partial charge >= 0.3 is 0 Å². The first-order valence-corrected chi connectivity index (χ1v) is 9.76. The minimum atomic E-state index is -0.331. The lowest BCUT2D eigenvalue weighted by Crippen LogP contribution is -2.13. The summed E-state index contributed by atoms with van der Waals surface area (Å²) in [6.07, 6.45) is 6.57. The fraction of sp³-hybridized carbons (Fsp3) is 0. The van der Waals surface area contributed by atoms with E-state index >= 15 is 0 Å². The molecule has 0 radical (unpaired) electrons. The van der Waals surface area contributed by atoms with E-state index in [9.17, 15) is 9.18 Å². The summed E-state index contributed by atoms with van der Waals surface area (Å²) < 4.78 is 20.7. The van der Waals surface area contributed by atoms with Crippen molar-refractivity contribution in [1.29, 1.82) is 0 Å². The molecule has 0 aliphatic heterocycles. The largest absolute Gasteiger partial charge is 0.436 e. The van der Waals surface area contributed by atoms with Crippen LogP contribution < -0.4 is 5.32 Å². The van der Waals surface area contributed by atoms with E-state index in [0.717, 1.165) is 0 Å². The third kappa shape index (κ3) is 3.89. The van der Waals surface area contributed by atoms with E-state index < -0.39 is 0 Å². The molecule has 3 heterocycles. The Hall–Kier alpha value is -4.59. The van der Waals surface area contributed by atoms with Crippen molar-refractivity contribution in [3.8, 4) is 28.6 Å². The summed E-state index contributed by atoms with van der Waals surface area (Å²) >= 11 is 0. The van der Waals surface area contributed by atoms with Gasteiger partial charge in [0.25, 0.3) is 5.91 Å². The highest BCUT2D eigenvalue weighted by Gasteiger charge is 2.17. The first kappa shape index (κ1) is 19.4. The van der Waals surface area contributed by atoms with Crippen molar-refractivity contribution in [2.24, 2.45) is 0 Å². The van der Waals surface area contributed by atoms with Crippen LogP contribution in [0.25, 0.3) is 28.6 Å². The van der Waals surface area contributed by atoms with E-state index in [2.05, 4.69) is 20.4 Å². The van der Waals surface area contributed by atoms with Gasteiger partial charge in [0.15, 0.2) is 11.6 Å². The average Bonchev–Trinajstić information content (AvgIpc) is 3.53. The molecule has 0 spiro atoms. The van der Waals surface area contributed by atoms with Gasteiger partial charge in [0, 0.05) is 23.5 Å². The standard InChI is InChI=1S/C24H16FN5O2/c25-17-8-6-16(7-9-17)21-15-27-24(32-21)20-5-2-1-4-19(20)23(31)29-18-10-11-22(26-14-18)30-13-3-12-28-30/h1-15H,(H,29,31). The zero-order chi connectivity index (χ0) is 21.9. The third-order valence-electron chi connectivity index (χ3n) is 4.78. The van der Waals surface area contributed by atoms with Crippen molar-refractivity contribution in [3.05, 3.63) is 103 Å². The van der Waals surface area contributed by atoms with Crippen molar-refractivity contribution >= 4 is 11.6 Å². The molecule has 0 aliphatic rings. The molecule has 0 saturated carbocycles. The number of hydrogen-bond acceptors (Lipinski definition) is 5. The fourth-order valence-corrected chi connectivity index (χ4v) is 3.21. The van der Waals surface area contributed by atoms with Crippen LogP contribution in [0.1, 0.15) is 10.4 Å². The van der Waals surface area contributed by atoms with Crippen molar-refractivity contribution in [2.75, 3.05) is 5.32 Å². The molecule has 156 valence electrons. The number of amides is 1. The number of hydrogen-bond donors (Lipinski definition) is 1. The number of nitrogens with one attached hydrogen (secondary N) is 1.